The van der Waals surface area contributed by atoms with Crippen LogP contribution in [0.5, 0.6) is 0 Å². The summed E-state index contributed by atoms with van der Waals surface area (Å²) >= 11 is 0. The minimum atomic E-state index is 0. The quantitative estimate of drug-likeness (QED) is 0.939. The van der Waals surface area contributed by atoms with E-state index in [1.807, 2.05) is 30.3 Å². The molecule has 0 atom stereocenters. The van der Waals surface area contributed by atoms with Crippen molar-refractivity contribution in [3.8, 4) is 11.4 Å². The van der Waals surface area contributed by atoms with Gasteiger partial charge < -0.3 is 10.3 Å². The summed E-state index contributed by atoms with van der Waals surface area (Å²) in [5.41, 5.74) is 6.70. The molecule has 0 radical (unpaired) electrons. The van der Waals surface area contributed by atoms with Crippen molar-refractivity contribution < 1.29 is 4.52 Å². The molecule has 21 heavy (non-hydrogen) atoms. The van der Waals surface area contributed by atoms with Gasteiger partial charge in [0.1, 0.15) is 0 Å². The molecule has 0 amide bonds. The number of benzene rings is 1. The Kier molecular flexibility index (Phi) is 5.73. The summed E-state index contributed by atoms with van der Waals surface area (Å²) in [4.78, 5) is 6.83. The summed E-state index contributed by atoms with van der Waals surface area (Å²) in [6.07, 6.45) is 2.33. The van der Waals surface area contributed by atoms with E-state index in [9.17, 15) is 0 Å². The molecule has 3 rings (SSSR count). The highest BCUT2D eigenvalue weighted by Gasteiger charge is 2.20. The van der Waals surface area contributed by atoms with Crippen LogP contribution in [0.2, 0.25) is 0 Å². The average molecular weight is 309 g/mol. The molecule has 2 N–H and O–H groups in total. The lowest BCUT2D eigenvalue weighted by atomic mass is 9.97. The summed E-state index contributed by atoms with van der Waals surface area (Å²) in [6.45, 7) is 3.65. The Hall–Kier alpha value is -1.43. The van der Waals surface area contributed by atoms with Gasteiger partial charge in [-0.25, -0.2) is 0 Å². The Bertz CT molecular complexity index is 538. The van der Waals surface area contributed by atoms with Crippen molar-refractivity contribution in [1.82, 2.24) is 15.0 Å². The fraction of sp³-hybridized carbons (Fsp3) is 0.467. The molecule has 0 spiro atoms. The van der Waals surface area contributed by atoms with E-state index >= 15 is 0 Å². The van der Waals surface area contributed by atoms with Crippen LogP contribution in [0.3, 0.4) is 0 Å². The van der Waals surface area contributed by atoms with Crippen LogP contribution >= 0.6 is 12.4 Å². The third-order valence-corrected chi connectivity index (χ3v) is 3.90. The second-order valence-corrected chi connectivity index (χ2v) is 5.33. The van der Waals surface area contributed by atoms with Crippen molar-refractivity contribution in [3.63, 3.8) is 0 Å². The number of aromatic nitrogens is 2. The minimum absolute atomic E-state index is 0. The summed E-state index contributed by atoms with van der Waals surface area (Å²) < 4.78 is 5.35. The molecule has 2 heterocycles. The van der Waals surface area contributed by atoms with E-state index < -0.39 is 0 Å². The van der Waals surface area contributed by atoms with Gasteiger partial charge in [-0.05, 0) is 38.4 Å². The van der Waals surface area contributed by atoms with Crippen LogP contribution in [-0.2, 0) is 6.54 Å². The van der Waals surface area contributed by atoms with E-state index in [1.165, 1.54) is 0 Å². The molecule has 1 aliphatic heterocycles. The molecular weight excluding hydrogens is 288 g/mol. The average Bonchev–Trinajstić information content (AvgIpc) is 2.97. The number of piperidine rings is 1. The Morgan fingerprint density at radius 1 is 1.19 bits per heavy atom. The van der Waals surface area contributed by atoms with Gasteiger partial charge in [-0.15, -0.1) is 12.4 Å². The van der Waals surface area contributed by atoms with Crippen LogP contribution in [0.15, 0.2) is 34.9 Å². The minimum Gasteiger partial charge on any atom is -0.338 e. The van der Waals surface area contributed by atoms with E-state index in [2.05, 4.69) is 15.0 Å². The standard InChI is InChI=1S/C15H20N4O.ClH/c16-10-12-6-8-19(9-7-12)11-14-17-15(18-20-14)13-4-2-1-3-5-13;/h1-5,12H,6-11,16H2;1H. The molecule has 1 saturated heterocycles. The summed E-state index contributed by atoms with van der Waals surface area (Å²) in [7, 11) is 0. The normalized spacial score (nSPS) is 16.6. The first-order chi connectivity index (χ1) is 9.85. The second kappa shape index (κ2) is 7.54. The van der Waals surface area contributed by atoms with Gasteiger partial charge in [0.05, 0.1) is 6.54 Å². The molecule has 0 unspecified atom stereocenters. The predicted molar refractivity (Wildman–Crippen MR) is 84.0 cm³/mol. The monoisotopic (exact) mass is 308 g/mol. The van der Waals surface area contributed by atoms with Crippen LogP contribution < -0.4 is 5.73 Å². The van der Waals surface area contributed by atoms with Crippen LogP contribution in [0.4, 0.5) is 0 Å². The van der Waals surface area contributed by atoms with Crippen LogP contribution in [-0.4, -0.2) is 34.7 Å². The van der Waals surface area contributed by atoms with Gasteiger partial charge in [0.2, 0.25) is 11.7 Å². The van der Waals surface area contributed by atoms with Gasteiger partial charge >= 0.3 is 0 Å². The van der Waals surface area contributed by atoms with E-state index in [4.69, 9.17) is 10.3 Å². The highest BCUT2D eigenvalue weighted by Crippen LogP contribution is 2.19. The summed E-state index contributed by atoms with van der Waals surface area (Å²) in [6, 6.07) is 9.90. The Morgan fingerprint density at radius 3 is 2.57 bits per heavy atom. The van der Waals surface area contributed by atoms with Crippen molar-refractivity contribution in [2.45, 2.75) is 19.4 Å². The molecule has 6 heteroatoms. The first-order valence-corrected chi connectivity index (χ1v) is 7.15. The lowest BCUT2D eigenvalue weighted by molar-refractivity contribution is 0.161. The zero-order chi connectivity index (χ0) is 13.8. The van der Waals surface area contributed by atoms with Crippen molar-refractivity contribution in [2.75, 3.05) is 19.6 Å². The van der Waals surface area contributed by atoms with Crippen molar-refractivity contribution >= 4 is 12.4 Å². The number of hydrogen-bond acceptors (Lipinski definition) is 5. The molecule has 2 aromatic rings. The number of halogens is 1. The maximum Gasteiger partial charge on any atom is 0.241 e. The molecule has 1 aliphatic rings. The number of nitrogens with two attached hydrogens (primary N) is 1. The Morgan fingerprint density at radius 2 is 1.90 bits per heavy atom. The molecule has 1 aromatic carbocycles. The van der Waals surface area contributed by atoms with Crippen molar-refractivity contribution in [2.24, 2.45) is 11.7 Å². The molecular formula is C15H21ClN4O. The zero-order valence-corrected chi connectivity index (χ0v) is 12.8. The van der Waals surface area contributed by atoms with Gasteiger partial charge in [0.15, 0.2) is 0 Å². The summed E-state index contributed by atoms with van der Waals surface area (Å²) in [5, 5.41) is 4.05. The molecule has 1 fully saturated rings. The van der Waals surface area contributed by atoms with Gasteiger partial charge in [-0.2, -0.15) is 4.98 Å². The molecule has 0 bridgehead atoms. The first kappa shape index (κ1) is 15.9. The van der Waals surface area contributed by atoms with Crippen molar-refractivity contribution in [1.29, 1.82) is 0 Å². The fourth-order valence-electron chi connectivity index (χ4n) is 2.60. The molecule has 5 nitrogen and oxygen atoms in total. The SMILES string of the molecule is Cl.NCC1CCN(Cc2nc(-c3ccccc3)no2)CC1. The van der Waals surface area contributed by atoms with Crippen LogP contribution in [0, 0.1) is 5.92 Å². The van der Waals surface area contributed by atoms with Gasteiger partial charge in [-0.3, -0.25) is 4.90 Å². The Balaban J connectivity index is 0.00000161. The van der Waals surface area contributed by atoms with Crippen molar-refractivity contribution in [3.05, 3.63) is 36.2 Å². The van der Waals surface area contributed by atoms with Crippen LogP contribution in [0.25, 0.3) is 11.4 Å². The predicted octanol–water partition coefficient (Wildman–Crippen LogP) is 2.33. The third-order valence-electron chi connectivity index (χ3n) is 3.90. The lowest BCUT2D eigenvalue weighted by Crippen LogP contribution is -2.35. The molecule has 1 aromatic heterocycles. The number of nitrogens with zero attached hydrogens (tertiary/aromatic N) is 3. The first-order valence-electron chi connectivity index (χ1n) is 7.15. The fourth-order valence-corrected chi connectivity index (χ4v) is 2.60. The number of likely N-dealkylation sites (tertiary alicyclic amines) is 1. The van der Waals surface area contributed by atoms with Gasteiger partial charge in [-0.1, -0.05) is 35.5 Å². The van der Waals surface area contributed by atoms with Gasteiger partial charge in [0, 0.05) is 5.56 Å². The topological polar surface area (TPSA) is 68.2 Å². The van der Waals surface area contributed by atoms with Crippen LogP contribution in [0.1, 0.15) is 18.7 Å². The highest BCUT2D eigenvalue weighted by atomic mass is 35.5. The largest absolute Gasteiger partial charge is 0.338 e. The van der Waals surface area contributed by atoms with E-state index in [0.29, 0.717) is 17.6 Å². The maximum absolute atomic E-state index is 5.71. The Labute approximate surface area is 130 Å². The highest BCUT2D eigenvalue weighted by molar-refractivity contribution is 5.85. The van der Waals surface area contributed by atoms with E-state index in [0.717, 1.165) is 44.6 Å². The second-order valence-electron chi connectivity index (χ2n) is 5.33. The summed E-state index contributed by atoms with van der Waals surface area (Å²) in [5.74, 6) is 2.03. The molecule has 114 valence electrons. The van der Waals surface area contributed by atoms with E-state index in [-0.39, 0.29) is 12.4 Å². The molecule has 0 aliphatic carbocycles. The third kappa shape index (κ3) is 4.03. The number of hydrogen-bond donors (Lipinski definition) is 1. The zero-order valence-electron chi connectivity index (χ0n) is 11.9. The maximum atomic E-state index is 5.71. The van der Waals surface area contributed by atoms with E-state index in [1.54, 1.807) is 0 Å². The smallest absolute Gasteiger partial charge is 0.241 e. The van der Waals surface area contributed by atoms with Gasteiger partial charge in [0.25, 0.3) is 0 Å². The molecule has 0 saturated carbocycles. The lowest BCUT2D eigenvalue weighted by Gasteiger charge is -2.30. The number of rotatable bonds is 4.